The monoisotopic (exact) mass is 240 g/mol. The maximum atomic E-state index is 9.51. The molecule has 0 aliphatic heterocycles. The first kappa shape index (κ1) is 15.0. The van der Waals surface area contributed by atoms with Gasteiger partial charge in [0, 0.05) is 0 Å². The second-order valence-corrected chi connectivity index (χ2v) is 6.71. The normalized spacial score (nSPS) is 37.1. The van der Waals surface area contributed by atoms with Crippen molar-refractivity contribution < 1.29 is 5.11 Å². The highest BCUT2D eigenvalue weighted by molar-refractivity contribution is 4.84. The Hall–Kier alpha value is -0.0400. The molecule has 2 aliphatic rings. The van der Waals surface area contributed by atoms with E-state index in [9.17, 15) is 5.11 Å². The summed E-state index contributed by atoms with van der Waals surface area (Å²) in [6.45, 7) is 9.02. The van der Waals surface area contributed by atoms with Gasteiger partial charge in [0.25, 0.3) is 0 Å². The van der Waals surface area contributed by atoms with E-state index >= 15 is 0 Å². The van der Waals surface area contributed by atoms with Crippen molar-refractivity contribution in [2.24, 2.45) is 23.7 Å². The van der Waals surface area contributed by atoms with E-state index in [1.54, 1.807) is 0 Å². The summed E-state index contributed by atoms with van der Waals surface area (Å²) < 4.78 is 0. The lowest BCUT2D eigenvalue weighted by atomic mass is 9.67. The molecule has 102 valence electrons. The van der Waals surface area contributed by atoms with Crippen LogP contribution in [0.1, 0.15) is 72.6 Å². The molecule has 0 radical (unpaired) electrons. The number of aliphatic hydroxyl groups excluding tert-OH is 1. The van der Waals surface area contributed by atoms with Crippen molar-refractivity contribution in [2.75, 3.05) is 0 Å². The van der Waals surface area contributed by atoms with E-state index in [2.05, 4.69) is 27.7 Å². The van der Waals surface area contributed by atoms with Crippen molar-refractivity contribution in [3.63, 3.8) is 0 Å². The van der Waals surface area contributed by atoms with Gasteiger partial charge in [0.05, 0.1) is 6.10 Å². The van der Waals surface area contributed by atoms with E-state index in [1.165, 1.54) is 32.1 Å². The van der Waals surface area contributed by atoms with Crippen molar-refractivity contribution in [3.05, 3.63) is 0 Å². The molecule has 0 heterocycles. The summed E-state index contributed by atoms with van der Waals surface area (Å²) >= 11 is 0. The molecular formula is C16H32O. The standard InChI is InChI=1S/C11H20O.C5H12/c1-8-2-3-10-7-11(12)5-4-9(10)6-8;1-4-5(2)3/h8-12H,2-7H2,1H3;5H,4H2,1-3H3. The lowest BCUT2D eigenvalue weighted by Crippen LogP contribution is -2.32. The zero-order valence-electron chi connectivity index (χ0n) is 12.3. The Bertz CT molecular complexity index is 182. The number of fused-ring (bicyclic) bond motifs is 1. The molecule has 1 nitrogen and oxygen atoms in total. The highest BCUT2D eigenvalue weighted by Crippen LogP contribution is 2.42. The zero-order chi connectivity index (χ0) is 12.8. The van der Waals surface area contributed by atoms with Gasteiger partial charge in [-0.05, 0) is 55.8 Å². The molecule has 4 atom stereocenters. The molecule has 0 saturated heterocycles. The van der Waals surface area contributed by atoms with Crippen LogP contribution in [0, 0.1) is 23.7 Å². The SMILES string of the molecule is CC1CCC2CC(O)CCC2C1.CCC(C)C. The van der Waals surface area contributed by atoms with Crippen LogP contribution < -0.4 is 0 Å². The van der Waals surface area contributed by atoms with Gasteiger partial charge in [-0.3, -0.25) is 0 Å². The topological polar surface area (TPSA) is 20.2 Å². The highest BCUT2D eigenvalue weighted by atomic mass is 16.3. The third kappa shape index (κ3) is 5.42. The first-order chi connectivity index (χ1) is 8.02. The Morgan fingerprint density at radius 1 is 1.00 bits per heavy atom. The van der Waals surface area contributed by atoms with Gasteiger partial charge >= 0.3 is 0 Å². The lowest BCUT2D eigenvalue weighted by Gasteiger charge is -2.40. The van der Waals surface area contributed by atoms with E-state index in [0.29, 0.717) is 0 Å². The summed E-state index contributed by atoms with van der Waals surface area (Å²) in [7, 11) is 0. The third-order valence-corrected chi connectivity index (χ3v) is 4.66. The largest absolute Gasteiger partial charge is 0.393 e. The van der Waals surface area contributed by atoms with E-state index in [1.807, 2.05) is 0 Å². The minimum atomic E-state index is 0.0275. The molecule has 0 bridgehead atoms. The molecule has 0 aromatic rings. The molecule has 0 aromatic carbocycles. The fraction of sp³-hybridized carbons (Fsp3) is 1.00. The third-order valence-electron chi connectivity index (χ3n) is 4.66. The molecule has 4 unspecified atom stereocenters. The summed E-state index contributed by atoms with van der Waals surface area (Å²) in [6.07, 6.45) is 8.98. The van der Waals surface area contributed by atoms with Crippen LogP contribution >= 0.6 is 0 Å². The van der Waals surface area contributed by atoms with Gasteiger partial charge in [0.15, 0.2) is 0 Å². The van der Waals surface area contributed by atoms with Crippen molar-refractivity contribution in [1.82, 2.24) is 0 Å². The summed E-state index contributed by atoms with van der Waals surface area (Å²) in [4.78, 5) is 0. The van der Waals surface area contributed by atoms with Crippen LogP contribution in [0.3, 0.4) is 0 Å². The van der Waals surface area contributed by atoms with E-state index < -0.39 is 0 Å². The first-order valence-electron chi connectivity index (χ1n) is 7.70. The van der Waals surface area contributed by atoms with Crippen LogP contribution in [0.25, 0.3) is 0 Å². The van der Waals surface area contributed by atoms with Crippen LogP contribution in [0.5, 0.6) is 0 Å². The molecule has 2 rings (SSSR count). The molecular weight excluding hydrogens is 208 g/mol. The summed E-state index contributed by atoms with van der Waals surface area (Å²) in [5, 5.41) is 9.51. The number of hydrogen-bond donors (Lipinski definition) is 1. The number of aliphatic hydroxyl groups is 1. The maximum Gasteiger partial charge on any atom is 0.0543 e. The fourth-order valence-corrected chi connectivity index (χ4v) is 3.10. The Labute approximate surface area is 108 Å². The summed E-state index contributed by atoms with van der Waals surface area (Å²) in [6, 6.07) is 0. The molecule has 2 saturated carbocycles. The van der Waals surface area contributed by atoms with E-state index in [-0.39, 0.29) is 6.10 Å². The van der Waals surface area contributed by atoms with Gasteiger partial charge in [-0.25, -0.2) is 0 Å². The average Bonchev–Trinajstić information content (AvgIpc) is 2.30. The van der Waals surface area contributed by atoms with Crippen molar-refractivity contribution >= 4 is 0 Å². The van der Waals surface area contributed by atoms with Gasteiger partial charge in [-0.2, -0.15) is 0 Å². The van der Waals surface area contributed by atoms with E-state index in [4.69, 9.17) is 0 Å². The first-order valence-corrected chi connectivity index (χ1v) is 7.70. The Kier molecular flexibility index (Phi) is 6.54. The molecule has 1 N–H and O–H groups in total. The van der Waals surface area contributed by atoms with Crippen LogP contribution in [0.2, 0.25) is 0 Å². The summed E-state index contributed by atoms with van der Waals surface area (Å²) in [5.41, 5.74) is 0. The quantitative estimate of drug-likeness (QED) is 0.708. The Balaban J connectivity index is 0.000000249. The molecule has 17 heavy (non-hydrogen) atoms. The molecule has 1 heteroatoms. The Morgan fingerprint density at radius 2 is 1.53 bits per heavy atom. The predicted molar refractivity (Wildman–Crippen MR) is 75.0 cm³/mol. The fourth-order valence-electron chi connectivity index (χ4n) is 3.10. The van der Waals surface area contributed by atoms with Crippen LogP contribution in [-0.2, 0) is 0 Å². The van der Waals surface area contributed by atoms with Crippen molar-refractivity contribution in [2.45, 2.75) is 78.7 Å². The van der Waals surface area contributed by atoms with E-state index in [0.717, 1.165) is 36.5 Å². The second-order valence-electron chi connectivity index (χ2n) is 6.71. The van der Waals surface area contributed by atoms with Crippen molar-refractivity contribution in [1.29, 1.82) is 0 Å². The van der Waals surface area contributed by atoms with Gasteiger partial charge < -0.3 is 5.11 Å². The smallest absolute Gasteiger partial charge is 0.0543 e. The van der Waals surface area contributed by atoms with Gasteiger partial charge in [-0.15, -0.1) is 0 Å². The van der Waals surface area contributed by atoms with Crippen LogP contribution in [-0.4, -0.2) is 11.2 Å². The number of hydrogen-bond acceptors (Lipinski definition) is 1. The lowest BCUT2D eigenvalue weighted by molar-refractivity contribution is 0.0377. The highest BCUT2D eigenvalue weighted by Gasteiger charge is 2.33. The molecule has 2 fully saturated rings. The van der Waals surface area contributed by atoms with Crippen LogP contribution in [0.15, 0.2) is 0 Å². The van der Waals surface area contributed by atoms with Crippen molar-refractivity contribution in [3.8, 4) is 0 Å². The minimum Gasteiger partial charge on any atom is -0.393 e. The molecule has 0 aromatic heterocycles. The predicted octanol–water partition coefficient (Wildman–Crippen LogP) is 4.64. The minimum absolute atomic E-state index is 0.0275. The molecule has 2 aliphatic carbocycles. The summed E-state index contributed by atoms with van der Waals surface area (Å²) in [5.74, 6) is 3.65. The average molecular weight is 240 g/mol. The molecule has 0 spiro atoms. The van der Waals surface area contributed by atoms with Crippen LogP contribution in [0.4, 0.5) is 0 Å². The maximum absolute atomic E-state index is 9.51. The van der Waals surface area contributed by atoms with Gasteiger partial charge in [0.2, 0.25) is 0 Å². The van der Waals surface area contributed by atoms with Gasteiger partial charge in [-0.1, -0.05) is 40.5 Å². The Morgan fingerprint density at radius 3 is 2.12 bits per heavy atom. The van der Waals surface area contributed by atoms with Gasteiger partial charge in [0.1, 0.15) is 0 Å². The number of rotatable bonds is 1. The zero-order valence-corrected chi connectivity index (χ0v) is 12.3. The molecule has 0 amide bonds. The second kappa shape index (κ2) is 7.41.